The third-order valence-electron chi connectivity index (χ3n) is 4.30. The van der Waals surface area contributed by atoms with E-state index < -0.39 is 6.10 Å². The quantitative estimate of drug-likeness (QED) is 0.888. The number of aliphatic hydroxyl groups excluding tert-OH is 1. The van der Waals surface area contributed by atoms with Crippen molar-refractivity contribution in [2.24, 2.45) is 10.2 Å². The van der Waals surface area contributed by atoms with Gasteiger partial charge in [0, 0.05) is 25.7 Å². The van der Waals surface area contributed by atoms with Crippen LogP contribution < -0.4 is 10.2 Å². The first-order valence-electron chi connectivity index (χ1n) is 7.96. The van der Waals surface area contributed by atoms with Crippen molar-refractivity contribution in [3.05, 3.63) is 36.2 Å². The molecule has 1 unspecified atom stereocenters. The zero-order valence-corrected chi connectivity index (χ0v) is 13.3. The summed E-state index contributed by atoms with van der Waals surface area (Å²) in [7, 11) is 1.95. The van der Waals surface area contributed by atoms with Crippen LogP contribution in [0.5, 0.6) is 0 Å². The number of rotatable bonds is 2. The van der Waals surface area contributed by atoms with E-state index in [0.29, 0.717) is 11.5 Å². The molecular weight excluding hydrogens is 304 g/mol. The van der Waals surface area contributed by atoms with Crippen molar-refractivity contribution < 1.29 is 5.11 Å². The maximum Gasteiger partial charge on any atom is 0.176 e. The van der Waals surface area contributed by atoms with Crippen LogP contribution >= 0.6 is 0 Å². The lowest BCUT2D eigenvalue weighted by molar-refractivity contribution is 0.244. The largest absolute Gasteiger partial charge is 0.382 e. The highest BCUT2D eigenvalue weighted by Crippen LogP contribution is 2.41. The molecule has 0 bridgehead atoms. The van der Waals surface area contributed by atoms with Crippen molar-refractivity contribution in [2.75, 3.05) is 17.3 Å². The fourth-order valence-corrected chi connectivity index (χ4v) is 3.00. The summed E-state index contributed by atoms with van der Waals surface area (Å²) in [5.74, 6) is 1.48. The number of nitrogens with one attached hydrogen (secondary N) is 1. The van der Waals surface area contributed by atoms with Gasteiger partial charge in [0.05, 0.1) is 17.1 Å². The number of fused-ring (bicyclic) bond motifs is 2. The lowest BCUT2D eigenvalue weighted by atomic mass is 9.99. The number of benzene rings is 1. The first kappa shape index (κ1) is 14.8. The molecule has 0 radical (unpaired) electrons. The topological polar surface area (TPSA) is 86.0 Å². The molecule has 0 fully saturated rings. The number of hydrogen-bond donors (Lipinski definition) is 2. The van der Waals surface area contributed by atoms with Gasteiger partial charge in [0.15, 0.2) is 11.6 Å². The Balaban J connectivity index is 1.67. The molecule has 2 aliphatic heterocycles. The molecular formula is C17H18N6O. The smallest absolute Gasteiger partial charge is 0.176 e. The van der Waals surface area contributed by atoms with Gasteiger partial charge in [-0.05, 0) is 37.0 Å². The van der Waals surface area contributed by atoms with Gasteiger partial charge in [-0.3, -0.25) is 0 Å². The molecule has 0 aliphatic carbocycles. The van der Waals surface area contributed by atoms with Crippen LogP contribution in [-0.4, -0.2) is 34.0 Å². The highest BCUT2D eigenvalue weighted by molar-refractivity contribution is 5.92. The van der Waals surface area contributed by atoms with Crippen molar-refractivity contribution in [1.82, 2.24) is 9.97 Å². The molecule has 24 heavy (non-hydrogen) atoms. The Morgan fingerprint density at radius 1 is 1.25 bits per heavy atom. The van der Waals surface area contributed by atoms with Gasteiger partial charge >= 0.3 is 0 Å². The van der Waals surface area contributed by atoms with Crippen LogP contribution in [0.25, 0.3) is 0 Å². The molecule has 1 aromatic heterocycles. The molecule has 1 atom stereocenters. The van der Waals surface area contributed by atoms with Crippen molar-refractivity contribution in [3.63, 3.8) is 0 Å². The second-order valence-corrected chi connectivity index (χ2v) is 5.87. The molecule has 122 valence electrons. The molecule has 0 amide bonds. The molecule has 2 N–H and O–H groups in total. The number of aliphatic hydroxyl groups is 1. The standard InChI is InChI=1S/C17H18N6O/c1-23-14-6-5-11(15(24)12-4-2-3-7-20-22-12)10-13(14)21-16-17(23)19-9-8-18-16/h5-10,15,24H,2-4H2,1H3,(H,18,21). The minimum absolute atomic E-state index is 0.702. The normalized spacial score (nSPS) is 17.2. The number of hydrogen-bond acceptors (Lipinski definition) is 7. The molecule has 2 aromatic rings. The number of aromatic nitrogens is 2. The van der Waals surface area contributed by atoms with Crippen LogP contribution in [-0.2, 0) is 0 Å². The van der Waals surface area contributed by atoms with Crippen molar-refractivity contribution in [3.8, 4) is 0 Å². The first-order valence-corrected chi connectivity index (χ1v) is 7.96. The molecule has 4 rings (SSSR count). The molecule has 3 heterocycles. The van der Waals surface area contributed by atoms with E-state index in [1.165, 1.54) is 0 Å². The zero-order valence-electron chi connectivity index (χ0n) is 13.3. The van der Waals surface area contributed by atoms with Gasteiger partial charge in [-0.25, -0.2) is 9.97 Å². The van der Waals surface area contributed by atoms with E-state index in [4.69, 9.17) is 0 Å². The van der Waals surface area contributed by atoms with Crippen LogP contribution in [0.4, 0.5) is 23.0 Å². The van der Waals surface area contributed by atoms with Gasteiger partial charge in [-0.1, -0.05) is 6.07 Å². The van der Waals surface area contributed by atoms with Crippen LogP contribution in [0.15, 0.2) is 40.8 Å². The zero-order chi connectivity index (χ0) is 16.5. The number of nitrogens with zero attached hydrogens (tertiary/aromatic N) is 5. The van der Waals surface area contributed by atoms with Crippen molar-refractivity contribution in [2.45, 2.75) is 25.4 Å². The third-order valence-corrected chi connectivity index (χ3v) is 4.30. The highest BCUT2D eigenvalue weighted by atomic mass is 16.3. The van der Waals surface area contributed by atoms with E-state index in [0.717, 1.165) is 42.0 Å². The highest BCUT2D eigenvalue weighted by Gasteiger charge is 2.24. The summed E-state index contributed by atoms with van der Waals surface area (Å²) in [6.45, 7) is 0. The predicted octanol–water partition coefficient (Wildman–Crippen LogP) is 2.95. The lowest BCUT2D eigenvalue weighted by Gasteiger charge is -2.29. The maximum absolute atomic E-state index is 10.7. The summed E-state index contributed by atoms with van der Waals surface area (Å²) in [6, 6.07) is 5.82. The monoisotopic (exact) mass is 322 g/mol. The first-order chi connectivity index (χ1) is 11.7. The summed E-state index contributed by atoms with van der Waals surface area (Å²) in [5.41, 5.74) is 3.37. The fourth-order valence-electron chi connectivity index (χ4n) is 3.00. The van der Waals surface area contributed by atoms with E-state index in [9.17, 15) is 5.11 Å². The van der Waals surface area contributed by atoms with Crippen LogP contribution in [0.3, 0.4) is 0 Å². The molecule has 0 spiro atoms. The van der Waals surface area contributed by atoms with Gasteiger partial charge in [-0.2, -0.15) is 10.2 Å². The van der Waals surface area contributed by atoms with Gasteiger partial charge in [0.2, 0.25) is 0 Å². The van der Waals surface area contributed by atoms with E-state index >= 15 is 0 Å². The molecule has 2 aliphatic rings. The lowest BCUT2D eigenvalue weighted by Crippen LogP contribution is -2.20. The Labute approximate surface area is 139 Å². The molecule has 7 nitrogen and oxygen atoms in total. The van der Waals surface area contributed by atoms with E-state index in [2.05, 4.69) is 25.5 Å². The maximum atomic E-state index is 10.7. The average molecular weight is 322 g/mol. The van der Waals surface area contributed by atoms with Gasteiger partial charge < -0.3 is 15.3 Å². The summed E-state index contributed by atoms with van der Waals surface area (Å²) in [5, 5.41) is 22.1. The fraction of sp³-hybridized carbons (Fsp3) is 0.294. The average Bonchev–Trinajstić information content (AvgIpc) is 2.90. The minimum atomic E-state index is -0.749. The molecule has 0 saturated heterocycles. The van der Waals surface area contributed by atoms with Crippen LogP contribution in [0.1, 0.15) is 30.9 Å². The Hall–Kier alpha value is -2.80. The van der Waals surface area contributed by atoms with E-state index in [-0.39, 0.29) is 0 Å². The van der Waals surface area contributed by atoms with Crippen molar-refractivity contribution >= 4 is 34.9 Å². The third kappa shape index (κ3) is 2.52. The second-order valence-electron chi connectivity index (χ2n) is 5.87. The summed E-state index contributed by atoms with van der Waals surface area (Å²) < 4.78 is 0. The van der Waals surface area contributed by atoms with Gasteiger partial charge in [0.25, 0.3) is 0 Å². The molecule has 0 saturated carbocycles. The minimum Gasteiger partial charge on any atom is -0.382 e. The molecule has 1 aromatic carbocycles. The Morgan fingerprint density at radius 2 is 2.12 bits per heavy atom. The van der Waals surface area contributed by atoms with Crippen LogP contribution in [0, 0.1) is 0 Å². The van der Waals surface area contributed by atoms with Gasteiger partial charge in [0.1, 0.15) is 6.10 Å². The van der Waals surface area contributed by atoms with Crippen LogP contribution in [0.2, 0.25) is 0 Å². The predicted molar refractivity (Wildman–Crippen MR) is 94.6 cm³/mol. The Bertz CT molecular complexity index is 832. The SMILES string of the molecule is CN1c2ccc(C(O)C3=NN=CCCC3)cc2Nc2nccnc21. The molecule has 7 heteroatoms. The summed E-state index contributed by atoms with van der Waals surface area (Å²) >= 11 is 0. The summed E-state index contributed by atoms with van der Waals surface area (Å²) in [6.07, 6.45) is 6.96. The number of anilines is 4. The van der Waals surface area contributed by atoms with E-state index in [1.807, 2.05) is 30.1 Å². The van der Waals surface area contributed by atoms with Crippen molar-refractivity contribution in [1.29, 1.82) is 0 Å². The Kier molecular flexibility index (Phi) is 3.70. The van der Waals surface area contributed by atoms with E-state index in [1.54, 1.807) is 18.6 Å². The Morgan fingerprint density at radius 3 is 3.04 bits per heavy atom. The second kappa shape index (κ2) is 6.01. The summed E-state index contributed by atoms with van der Waals surface area (Å²) in [4.78, 5) is 10.7. The van der Waals surface area contributed by atoms with Gasteiger partial charge in [-0.15, -0.1) is 0 Å².